The number of fused-ring (bicyclic) bond motifs is 3. The van der Waals surface area contributed by atoms with Gasteiger partial charge in [0.25, 0.3) is 5.69 Å². The van der Waals surface area contributed by atoms with Crippen LogP contribution < -0.4 is 23.7 Å². The van der Waals surface area contributed by atoms with E-state index in [-0.39, 0.29) is 75.4 Å². The van der Waals surface area contributed by atoms with Crippen molar-refractivity contribution in [2.24, 2.45) is 22.9 Å². The second kappa shape index (κ2) is 22.5. The Morgan fingerprint density at radius 3 is 2.32 bits per heavy atom. The van der Waals surface area contributed by atoms with E-state index in [4.69, 9.17) is 38.4 Å². The average Bonchev–Trinajstić information content (AvgIpc) is 3.86. The highest BCUT2D eigenvalue weighted by Gasteiger charge is 2.66. The summed E-state index contributed by atoms with van der Waals surface area (Å²) >= 11 is 0. The van der Waals surface area contributed by atoms with Crippen LogP contribution in [0.15, 0.2) is 139 Å². The van der Waals surface area contributed by atoms with Gasteiger partial charge in [0.05, 0.1) is 23.2 Å². The molecule has 0 unspecified atom stereocenters. The Morgan fingerprint density at radius 2 is 1.57 bits per heavy atom. The van der Waals surface area contributed by atoms with E-state index in [1.54, 1.807) is 17.0 Å². The number of unbranched alkanes of at least 4 members (excludes halogenated alkanes) is 2. The quantitative estimate of drug-likeness (QED) is 0.0308. The van der Waals surface area contributed by atoms with E-state index in [2.05, 4.69) is 32.6 Å². The molecule has 2 aliphatic carbocycles. The maximum atomic E-state index is 15.3. The molecule has 1 saturated carbocycles. The van der Waals surface area contributed by atoms with Crippen LogP contribution in [0.1, 0.15) is 78.7 Å². The van der Waals surface area contributed by atoms with Crippen LogP contribution in [0.25, 0.3) is 0 Å². The molecule has 0 aromatic heterocycles. The lowest BCUT2D eigenvalue weighted by molar-refractivity contribution is -0.384. The lowest BCUT2D eigenvalue weighted by atomic mass is 9.55. The first-order valence-electron chi connectivity index (χ1n) is 24.7. The third-order valence-electron chi connectivity index (χ3n) is 14.3. The molecule has 376 valence electrons. The molecule has 5 aromatic carbocycles. The monoisotopic (exact) mass is 979 g/mol. The Labute approximate surface area is 419 Å². The van der Waals surface area contributed by atoms with Crippen molar-refractivity contribution in [3.05, 3.63) is 171 Å². The molecule has 0 spiro atoms. The van der Waals surface area contributed by atoms with Gasteiger partial charge in [-0.15, -0.1) is 6.58 Å². The van der Waals surface area contributed by atoms with E-state index in [9.17, 15) is 20.3 Å². The van der Waals surface area contributed by atoms with Gasteiger partial charge in [-0.05, 0) is 134 Å². The first kappa shape index (κ1) is 49.8. The predicted molar refractivity (Wildman–Crippen MR) is 269 cm³/mol. The van der Waals surface area contributed by atoms with Crippen molar-refractivity contribution in [1.82, 2.24) is 4.90 Å². The molecule has 15 heteroatoms. The summed E-state index contributed by atoms with van der Waals surface area (Å²) in [6.07, 6.45) is 7.51. The SMILES string of the molecule is C=CCO[C@@]12Oc3ccc(Oc4ccc(C)c(C)c4)cc3[C@H]3[C@H](CCCCO)[C@@H](CCCCO)C=C(C(=NOCc4ccccc4)C[C@@H]1N(Cc1ccc4c(c1)OCO4)C(=O)Oc1ccc([N+](=O)[O-])cc1)[C@H]32. The number of carbonyl (C=O) groups is 1. The summed E-state index contributed by atoms with van der Waals surface area (Å²) in [5.74, 6) is 0.404. The van der Waals surface area contributed by atoms with Gasteiger partial charge in [-0.2, -0.15) is 0 Å². The van der Waals surface area contributed by atoms with Crippen LogP contribution in [0.3, 0.4) is 0 Å². The summed E-state index contributed by atoms with van der Waals surface area (Å²) in [5.41, 5.74) is 6.05. The van der Waals surface area contributed by atoms with E-state index >= 15 is 4.79 Å². The fraction of sp³-hybridized carbons (Fsp3) is 0.368. The second-order valence-corrected chi connectivity index (χ2v) is 18.8. The van der Waals surface area contributed by atoms with Crippen molar-refractivity contribution in [3.63, 3.8) is 0 Å². The van der Waals surface area contributed by atoms with Crippen LogP contribution in [0.2, 0.25) is 0 Å². The smallest absolute Gasteiger partial charge is 0.416 e. The summed E-state index contributed by atoms with van der Waals surface area (Å²) in [5, 5.41) is 36.8. The highest BCUT2D eigenvalue weighted by Crippen LogP contribution is 2.62. The van der Waals surface area contributed by atoms with Crippen LogP contribution in [0.4, 0.5) is 10.5 Å². The predicted octanol–water partition coefficient (Wildman–Crippen LogP) is 11.3. The minimum absolute atomic E-state index is 0.00779. The summed E-state index contributed by atoms with van der Waals surface area (Å²) in [4.78, 5) is 34.3. The molecule has 2 N–H and O–H groups in total. The largest absolute Gasteiger partial charge is 0.459 e. The number of oxime groups is 1. The number of nitrogens with zero attached hydrogens (tertiary/aromatic N) is 3. The normalized spacial score (nSPS) is 21.9. The third-order valence-corrected chi connectivity index (χ3v) is 14.3. The van der Waals surface area contributed by atoms with Gasteiger partial charge in [0.2, 0.25) is 12.6 Å². The Balaban J connectivity index is 1.25. The van der Waals surface area contributed by atoms with Gasteiger partial charge < -0.3 is 43.5 Å². The first-order valence-corrected chi connectivity index (χ1v) is 24.7. The molecule has 2 heterocycles. The molecule has 9 rings (SSSR count). The summed E-state index contributed by atoms with van der Waals surface area (Å²) in [6.45, 7) is 8.53. The zero-order valence-corrected chi connectivity index (χ0v) is 40.7. The van der Waals surface area contributed by atoms with E-state index < -0.39 is 28.8 Å². The number of allylic oxidation sites excluding steroid dienone is 1. The number of amides is 1. The fourth-order valence-electron chi connectivity index (χ4n) is 10.7. The second-order valence-electron chi connectivity index (χ2n) is 18.8. The molecule has 1 amide bonds. The van der Waals surface area contributed by atoms with Crippen molar-refractivity contribution in [3.8, 4) is 34.5 Å². The first-order chi connectivity index (χ1) is 35.1. The summed E-state index contributed by atoms with van der Waals surface area (Å²) in [7, 11) is 0. The van der Waals surface area contributed by atoms with Gasteiger partial charge in [-0.3, -0.25) is 15.0 Å². The van der Waals surface area contributed by atoms with Crippen molar-refractivity contribution in [2.75, 3.05) is 26.6 Å². The molecule has 72 heavy (non-hydrogen) atoms. The van der Waals surface area contributed by atoms with Crippen LogP contribution >= 0.6 is 0 Å². The van der Waals surface area contributed by atoms with Crippen molar-refractivity contribution in [1.29, 1.82) is 0 Å². The number of nitro benzene ring substituents is 1. The van der Waals surface area contributed by atoms with E-state index in [0.29, 0.717) is 52.9 Å². The Bertz CT molecular complexity index is 2800. The third kappa shape index (κ3) is 10.7. The van der Waals surface area contributed by atoms with E-state index in [1.807, 2.05) is 72.8 Å². The molecule has 0 bridgehead atoms. The molecule has 6 atom stereocenters. The number of aliphatic hydroxyl groups excluding tert-OH is 2. The zero-order valence-electron chi connectivity index (χ0n) is 40.7. The summed E-state index contributed by atoms with van der Waals surface area (Å²) in [6, 6.07) is 31.4. The zero-order chi connectivity index (χ0) is 50.2. The number of aryl methyl sites for hydroxylation is 2. The maximum Gasteiger partial charge on any atom is 0.416 e. The maximum absolute atomic E-state index is 15.3. The lowest BCUT2D eigenvalue weighted by Crippen LogP contribution is -2.70. The average molecular weight is 980 g/mol. The Morgan fingerprint density at radius 1 is 0.847 bits per heavy atom. The van der Waals surface area contributed by atoms with Crippen LogP contribution in [-0.4, -0.2) is 70.3 Å². The minimum Gasteiger partial charge on any atom is -0.459 e. The molecule has 0 saturated heterocycles. The van der Waals surface area contributed by atoms with Gasteiger partial charge in [0, 0.05) is 49.8 Å². The molecule has 4 aliphatic rings. The highest BCUT2D eigenvalue weighted by molar-refractivity contribution is 6.03. The number of benzene rings is 5. The standard InChI is InChI=1S/C57H61N3O12/c1-4-28-68-57-53(59(34-40-17-24-51-52(30-40)67-36-66-51)56(63)71-43-21-18-42(19-22-43)60(64)65)33-49(58-69-35-39-12-6-5-7-13-39)47-31-41(14-8-10-26-61)46(15-9-11-27-62)54(55(47)57)48-32-45(23-25-50(48)72-57)70-44-20-16-37(2)38(3)29-44/h4-7,12-13,16-25,29-32,41,46,53-55,61-62H,1,8-11,14-15,26-28,33-36H2,2-3H3/t41-,46+,53-,54+,55+,57+/m0/s1. The molecular weight excluding hydrogens is 919 g/mol. The van der Waals surface area contributed by atoms with Gasteiger partial charge >= 0.3 is 6.09 Å². The molecule has 2 aliphatic heterocycles. The molecule has 5 aromatic rings. The van der Waals surface area contributed by atoms with Crippen molar-refractivity contribution in [2.45, 2.75) is 89.7 Å². The minimum atomic E-state index is -1.62. The van der Waals surface area contributed by atoms with Crippen LogP contribution in [0, 0.1) is 41.7 Å². The number of carbonyl (C=O) groups excluding carboxylic acids is 1. The lowest BCUT2D eigenvalue weighted by Gasteiger charge is -2.59. The topological polar surface area (TPSA) is 181 Å². The van der Waals surface area contributed by atoms with E-state index in [1.165, 1.54) is 24.3 Å². The number of aliphatic hydroxyl groups is 2. The van der Waals surface area contributed by atoms with Crippen LogP contribution in [-0.2, 0) is 22.7 Å². The number of nitro groups is 1. The Hall–Kier alpha value is -7.20. The molecule has 0 radical (unpaired) electrons. The number of rotatable bonds is 21. The summed E-state index contributed by atoms with van der Waals surface area (Å²) < 4.78 is 38.9. The van der Waals surface area contributed by atoms with Crippen molar-refractivity contribution >= 4 is 17.5 Å². The molecular formula is C57H61N3O12. The highest BCUT2D eigenvalue weighted by atomic mass is 16.7. The Kier molecular flexibility index (Phi) is 15.5. The van der Waals surface area contributed by atoms with Gasteiger partial charge in [0.1, 0.15) is 35.6 Å². The number of ether oxygens (including phenoxy) is 6. The molecule has 1 fully saturated rings. The van der Waals surface area contributed by atoms with Gasteiger partial charge in [0.15, 0.2) is 11.5 Å². The molecule has 15 nitrogen and oxygen atoms in total. The number of hydrogen-bond donors (Lipinski definition) is 2. The van der Waals surface area contributed by atoms with E-state index in [0.717, 1.165) is 53.5 Å². The van der Waals surface area contributed by atoms with Gasteiger partial charge in [-0.25, -0.2) is 4.79 Å². The number of hydrogen-bond acceptors (Lipinski definition) is 13. The van der Waals surface area contributed by atoms with Crippen LogP contribution in [0.5, 0.6) is 34.5 Å². The fourth-order valence-corrected chi connectivity index (χ4v) is 10.7. The van der Waals surface area contributed by atoms with Crippen molar-refractivity contribution < 1.29 is 53.2 Å². The van der Waals surface area contributed by atoms with Gasteiger partial charge in [-0.1, -0.05) is 72.6 Å². The number of non-ortho nitro benzene ring substituents is 1.